The van der Waals surface area contributed by atoms with Crippen molar-refractivity contribution in [2.24, 2.45) is 7.05 Å². The Labute approximate surface area is 124 Å². The minimum atomic E-state index is -0.155. The van der Waals surface area contributed by atoms with E-state index < -0.39 is 0 Å². The lowest BCUT2D eigenvalue weighted by atomic mass is 10.1. The van der Waals surface area contributed by atoms with E-state index >= 15 is 0 Å². The predicted octanol–water partition coefficient (Wildman–Crippen LogP) is 2.54. The van der Waals surface area contributed by atoms with E-state index in [1.807, 2.05) is 46.0 Å². The number of ether oxygens (including phenoxy) is 1. The Morgan fingerprint density at radius 1 is 1.33 bits per heavy atom. The third kappa shape index (κ3) is 3.24. The highest BCUT2D eigenvalue weighted by Crippen LogP contribution is 2.26. The number of carbonyl (C=O) groups is 1. The van der Waals surface area contributed by atoms with Crippen molar-refractivity contribution in [3.05, 3.63) is 35.5 Å². The van der Waals surface area contributed by atoms with Crippen LogP contribution in [0, 0.1) is 6.92 Å². The van der Waals surface area contributed by atoms with Gasteiger partial charge in [-0.15, -0.1) is 0 Å². The number of rotatable bonds is 4. The van der Waals surface area contributed by atoms with E-state index in [-0.39, 0.29) is 11.9 Å². The van der Waals surface area contributed by atoms with Gasteiger partial charge in [-0.25, -0.2) is 0 Å². The Hall–Kier alpha value is -2.30. The molecule has 0 aliphatic carbocycles. The van der Waals surface area contributed by atoms with Crippen molar-refractivity contribution in [1.29, 1.82) is 0 Å². The van der Waals surface area contributed by atoms with Crippen LogP contribution in [-0.2, 0) is 7.05 Å². The van der Waals surface area contributed by atoms with E-state index in [1.165, 1.54) is 0 Å². The van der Waals surface area contributed by atoms with E-state index in [1.54, 1.807) is 17.9 Å². The highest BCUT2D eigenvalue weighted by molar-refractivity contribution is 5.93. The van der Waals surface area contributed by atoms with Gasteiger partial charge in [-0.2, -0.15) is 5.10 Å². The summed E-state index contributed by atoms with van der Waals surface area (Å²) in [4.78, 5) is 12.0. The van der Waals surface area contributed by atoms with Crippen LogP contribution in [0.5, 0.6) is 5.75 Å². The lowest BCUT2D eigenvalue weighted by Crippen LogP contribution is -2.30. The van der Waals surface area contributed by atoms with Gasteiger partial charge in [0.15, 0.2) is 5.69 Å². The van der Waals surface area contributed by atoms with Crippen molar-refractivity contribution in [3.63, 3.8) is 0 Å². The Morgan fingerprint density at radius 3 is 2.62 bits per heavy atom. The van der Waals surface area contributed by atoms with Gasteiger partial charge in [-0.05, 0) is 50.6 Å². The van der Waals surface area contributed by atoms with Crippen molar-refractivity contribution < 1.29 is 9.53 Å². The summed E-state index contributed by atoms with van der Waals surface area (Å²) in [5, 5.41) is 7.13. The quantitative estimate of drug-likeness (QED) is 0.940. The molecule has 1 aromatic heterocycles. The summed E-state index contributed by atoms with van der Waals surface area (Å²) in [6.45, 7) is 5.84. The van der Waals surface area contributed by atoms with Crippen molar-refractivity contribution in [1.82, 2.24) is 15.1 Å². The second-order valence-electron chi connectivity index (χ2n) is 5.35. The Balaban J connectivity index is 2.35. The molecular formula is C16H21N3O2. The second-order valence-corrected chi connectivity index (χ2v) is 5.35. The predicted molar refractivity (Wildman–Crippen MR) is 82.5 cm³/mol. The van der Waals surface area contributed by atoms with E-state index in [9.17, 15) is 4.79 Å². The standard InChI is InChI=1S/C16H21N3O2/c1-10(2)17-16(20)13-9-14(19(4)18-13)12-6-7-15(21-5)11(3)8-12/h6-10H,1-5H3,(H,17,20). The van der Waals surface area contributed by atoms with Crippen LogP contribution in [0.2, 0.25) is 0 Å². The Bertz CT molecular complexity index is 660. The molecule has 0 atom stereocenters. The lowest BCUT2D eigenvalue weighted by molar-refractivity contribution is 0.0937. The summed E-state index contributed by atoms with van der Waals surface area (Å²) in [5.41, 5.74) is 3.38. The average Bonchev–Trinajstić information content (AvgIpc) is 2.80. The first kappa shape index (κ1) is 15.1. The molecule has 1 N–H and O–H groups in total. The molecule has 0 spiro atoms. The topological polar surface area (TPSA) is 56.1 Å². The van der Waals surface area contributed by atoms with E-state index in [2.05, 4.69) is 10.4 Å². The Morgan fingerprint density at radius 2 is 2.05 bits per heavy atom. The summed E-state index contributed by atoms with van der Waals surface area (Å²) in [7, 11) is 3.49. The molecule has 5 nitrogen and oxygen atoms in total. The number of nitrogens with zero attached hydrogens (tertiary/aromatic N) is 2. The highest BCUT2D eigenvalue weighted by Gasteiger charge is 2.15. The number of carbonyl (C=O) groups excluding carboxylic acids is 1. The highest BCUT2D eigenvalue weighted by atomic mass is 16.5. The molecule has 1 amide bonds. The molecule has 0 bridgehead atoms. The van der Waals surface area contributed by atoms with Gasteiger partial charge in [0.05, 0.1) is 12.8 Å². The first-order valence-electron chi connectivity index (χ1n) is 6.92. The number of hydrogen-bond donors (Lipinski definition) is 1. The van der Waals surface area contributed by atoms with Gasteiger partial charge in [0.1, 0.15) is 5.75 Å². The van der Waals surface area contributed by atoms with Gasteiger partial charge in [-0.1, -0.05) is 0 Å². The molecular weight excluding hydrogens is 266 g/mol. The molecule has 2 rings (SSSR count). The zero-order chi connectivity index (χ0) is 15.6. The van der Waals surface area contributed by atoms with Crippen LogP contribution in [0.25, 0.3) is 11.3 Å². The van der Waals surface area contributed by atoms with Crippen molar-refractivity contribution in [3.8, 4) is 17.0 Å². The Kier molecular flexibility index (Phi) is 4.31. The summed E-state index contributed by atoms with van der Waals surface area (Å²) < 4.78 is 6.99. The molecule has 21 heavy (non-hydrogen) atoms. The van der Waals surface area contributed by atoms with Crippen LogP contribution in [-0.4, -0.2) is 28.8 Å². The van der Waals surface area contributed by atoms with E-state index in [4.69, 9.17) is 4.74 Å². The molecule has 1 heterocycles. The molecule has 0 saturated heterocycles. The molecule has 0 fully saturated rings. The fraction of sp³-hybridized carbons (Fsp3) is 0.375. The fourth-order valence-corrected chi connectivity index (χ4v) is 2.22. The maximum atomic E-state index is 12.0. The number of methoxy groups -OCH3 is 1. The summed E-state index contributed by atoms with van der Waals surface area (Å²) in [6.07, 6.45) is 0. The van der Waals surface area contributed by atoms with Crippen molar-refractivity contribution >= 4 is 5.91 Å². The number of aryl methyl sites for hydroxylation is 2. The number of amides is 1. The van der Waals surface area contributed by atoms with Crippen molar-refractivity contribution in [2.45, 2.75) is 26.8 Å². The van der Waals surface area contributed by atoms with Gasteiger partial charge >= 0.3 is 0 Å². The van der Waals surface area contributed by atoms with Crippen LogP contribution in [0.15, 0.2) is 24.3 Å². The maximum Gasteiger partial charge on any atom is 0.271 e. The second kappa shape index (κ2) is 5.99. The zero-order valence-electron chi connectivity index (χ0n) is 13.1. The molecule has 0 saturated carbocycles. The number of aromatic nitrogens is 2. The molecule has 5 heteroatoms. The monoisotopic (exact) mass is 287 g/mol. The number of hydrogen-bond acceptors (Lipinski definition) is 3. The third-order valence-electron chi connectivity index (χ3n) is 3.22. The van der Waals surface area contributed by atoms with Crippen LogP contribution in [0.4, 0.5) is 0 Å². The van der Waals surface area contributed by atoms with Crippen LogP contribution < -0.4 is 10.1 Å². The van der Waals surface area contributed by atoms with Crippen LogP contribution in [0.1, 0.15) is 29.9 Å². The van der Waals surface area contributed by atoms with Gasteiger partial charge in [0.2, 0.25) is 0 Å². The summed E-state index contributed by atoms with van der Waals surface area (Å²) in [6, 6.07) is 7.81. The van der Waals surface area contributed by atoms with E-state index in [0.29, 0.717) is 5.69 Å². The normalized spacial score (nSPS) is 10.8. The molecule has 0 aliphatic rings. The van der Waals surface area contributed by atoms with Crippen molar-refractivity contribution in [2.75, 3.05) is 7.11 Å². The maximum absolute atomic E-state index is 12.0. The molecule has 2 aromatic rings. The van der Waals surface area contributed by atoms with E-state index in [0.717, 1.165) is 22.6 Å². The van der Waals surface area contributed by atoms with Gasteiger partial charge < -0.3 is 10.1 Å². The van der Waals surface area contributed by atoms with Crippen LogP contribution in [0.3, 0.4) is 0 Å². The fourth-order valence-electron chi connectivity index (χ4n) is 2.22. The summed E-state index contributed by atoms with van der Waals surface area (Å²) >= 11 is 0. The smallest absolute Gasteiger partial charge is 0.271 e. The SMILES string of the molecule is COc1ccc(-c2cc(C(=O)NC(C)C)nn2C)cc1C. The molecule has 1 aromatic carbocycles. The number of benzene rings is 1. The first-order valence-corrected chi connectivity index (χ1v) is 6.92. The summed E-state index contributed by atoms with van der Waals surface area (Å²) in [5.74, 6) is 0.691. The molecule has 0 aliphatic heterocycles. The van der Waals surface area contributed by atoms with Gasteiger partial charge in [0, 0.05) is 18.7 Å². The lowest BCUT2D eigenvalue weighted by Gasteiger charge is -2.07. The van der Waals surface area contributed by atoms with Crippen LogP contribution >= 0.6 is 0 Å². The molecule has 112 valence electrons. The number of nitrogens with one attached hydrogen (secondary N) is 1. The largest absolute Gasteiger partial charge is 0.496 e. The molecule has 0 radical (unpaired) electrons. The minimum Gasteiger partial charge on any atom is -0.496 e. The first-order chi connectivity index (χ1) is 9.92. The average molecular weight is 287 g/mol. The third-order valence-corrected chi connectivity index (χ3v) is 3.22. The minimum absolute atomic E-state index is 0.0891. The van der Waals surface area contributed by atoms with Gasteiger partial charge in [-0.3, -0.25) is 9.48 Å². The molecule has 0 unspecified atom stereocenters. The zero-order valence-corrected chi connectivity index (χ0v) is 13.1. The van der Waals surface area contributed by atoms with Gasteiger partial charge in [0.25, 0.3) is 5.91 Å².